The Balaban J connectivity index is 4.68. The lowest BCUT2D eigenvalue weighted by atomic mass is 10.1. The lowest BCUT2D eigenvalue weighted by molar-refractivity contribution is -0.161. The van der Waals surface area contributed by atoms with Gasteiger partial charge in [0.05, 0.1) is 19.8 Å². The molecule has 0 spiro atoms. The average Bonchev–Trinajstić information content (AvgIpc) is 3.41. The van der Waals surface area contributed by atoms with Crippen molar-refractivity contribution in [2.75, 3.05) is 26.4 Å². The van der Waals surface area contributed by atoms with Crippen LogP contribution in [-0.2, 0) is 42.2 Å². The Labute approximate surface area is 465 Å². The number of phosphoric acid groups is 1. The van der Waals surface area contributed by atoms with Gasteiger partial charge >= 0.3 is 25.7 Å². The standard InChI is InChI=1S/C64H115O11P/c1-4-7-10-13-16-19-22-25-27-29-30-32-34-37-40-43-46-49-52-55-64(68)75-61(57-71-62(66)53-50-47-44-41-38-35-24-21-18-15-12-9-6-3)59-73-76(69,70)72-58-60(56-65)74-63(67)54-51-48-45-42-39-36-33-31-28-26-23-20-17-14-11-8-5-2/h9,12,18,21,25-28,35,38,60-61,65H,4-8,10-11,13-17,19-20,22-24,29-34,36-37,39-59H2,1-3H3,(H,69,70)/b12-9-,21-18-,27-25-,28-26-,38-35-. The highest BCUT2D eigenvalue weighted by molar-refractivity contribution is 7.47. The monoisotopic (exact) mass is 1090 g/mol. The first-order valence-corrected chi connectivity index (χ1v) is 32.7. The molecule has 0 radical (unpaired) electrons. The van der Waals surface area contributed by atoms with Crippen LogP contribution in [0.1, 0.15) is 290 Å². The normalized spacial score (nSPS) is 13.7. The fourth-order valence-electron chi connectivity index (χ4n) is 8.66. The van der Waals surface area contributed by atoms with E-state index in [0.717, 1.165) is 83.5 Å². The molecule has 11 nitrogen and oxygen atoms in total. The van der Waals surface area contributed by atoms with Gasteiger partial charge < -0.3 is 24.2 Å². The van der Waals surface area contributed by atoms with E-state index in [9.17, 15) is 28.9 Å². The lowest BCUT2D eigenvalue weighted by Gasteiger charge is -2.21. The minimum Gasteiger partial charge on any atom is -0.462 e. The number of aliphatic hydroxyl groups excluding tert-OH is 1. The molecule has 0 fully saturated rings. The van der Waals surface area contributed by atoms with Gasteiger partial charge in [0, 0.05) is 19.3 Å². The third-order valence-corrected chi connectivity index (χ3v) is 14.3. The van der Waals surface area contributed by atoms with Crippen molar-refractivity contribution in [3.05, 3.63) is 60.8 Å². The highest BCUT2D eigenvalue weighted by atomic mass is 31.2. The van der Waals surface area contributed by atoms with Crippen LogP contribution in [0, 0.1) is 0 Å². The van der Waals surface area contributed by atoms with Gasteiger partial charge in [-0.2, -0.15) is 0 Å². The van der Waals surface area contributed by atoms with Gasteiger partial charge in [-0.25, -0.2) is 4.57 Å². The van der Waals surface area contributed by atoms with E-state index < -0.39 is 57.8 Å². The van der Waals surface area contributed by atoms with E-state index in [-0.39, 0.29) is 25.9 Å². The molecule has 0 saturated carbocycles. The molecule has 0 aromatic heterocycles. The fraction of sp³-hybridized carbons (Fsp3) is 0.797. The molecule has 76 heavy (non-hydrogen) atoms. The molecule has 12 heteroatoms. The number of rotatable bonds is 58. The van der Waals surface area contributed by atoms with Crippen molar-refractivity contribution in [3.63, 3.8) is 0 Å². The maximum absolute atomic E-state index is 12.9. The van der Waals surface area contributed by atoms with Crippen LogP contribution in [0.4, 0.5) is 0 Å². The maximum Gasteiger partial charge on any atom is 0.472 e. The van der Waals surface area contributed by atoms with Crippen molar-refractivity contribution in [3.8, 4) is 0 Å². The molecule has 2 N–H and O–H groups in total. The molecule has 0 heterocycles. The number of carbonyl (C=O) groups excluding carboxylic acids is 3. The van der Waals surface area contributed by atoms with Crippen LogP contribution in [0.3, 0.4) is 0 Å². The molecule has 0 aromatic carbocycles. The Kier molecular flexibility index (Phi) is 56.2. The van der Waals surface area contributed by atoms with Crippen LogP contribution in [0.2, 0.25) is 0 Å². The van der Waals surface area contributed by atoms with Crippen LogP contribution in [0.5, 0.6) is 0 Å². The predicted octanol–water partition coefficient (Wildman–Crippen LogP) is 18.7. The maximum atomic E-state index is 12.9. The minimum atomic E-state index is -4.76. The molecule has 0 aliphatic heterocycles. The van der Waals surface area contributed by atoms with Gasteiger partial charge in [-0.1, -0.05) is 229 Å². The Morgan fingerprint density at radius 3 is 1.08 bits per heavy atom. The molecule has 0 bridgehead atoms. The average molecular weight is 1090 g/mol. The summed E-state index contributed by atoms with van der Waals surface area (Å²) in [6.45, 7) is 4.52. The summed E-state index contributed by atoms with van der Waals surface area (Å²) in [5, 5.41) is 9.84. The lowest BCUT2D eigenvalue weighted by Crippen LogP contribution is -2.30. The summed E-state index contributed by atoms with van der Waals surface area (Å²) < 4.78 is 39.6. The molecule has 0 saturated heterocycles. The minimum absolute atomic E-state index is 0.159. The van der Waals surface area contributed by atoms with E-state index in [1.165, 1.54) is 148 Å². The van der Waals surface area contributed by atoms with Crippen molar-refractivity contribution in [1.29, 1.82) is 0 Å². The smallest absolute Gasteiger partial charge is 0.462 e. The largest absolute Gasteiger partial charge is 0.472 e. The molecule has 0 aromatic rings. The summed E-state index contributed by atoms with van der Waals surface area (Å²) in [5.74, 6) is -1.49. The first-order chi connectivity index (χ1) is 37.2. The molecule has 0 amide bonds. The van der Waals surface area contributed by atoms with Crippen molar-refractivity contribution in [2.24, 2.45) is 0 Å². The summed E-state index contributed by atoms with van der Waals surface area (Å²) in [5.41, 5.74) is 0. The van der Waals surface area contributed by atoms with Crippen molar-refractivity contribution in [1.82, 2.24) is 0 Å². The van der Waals surface area contributed by atoms with Gasteiger partial charge in [-0.3, -0.25) is 23.4 Å². The molecule has 3 unspecified atom stereocenters. The zero-order valence-electron chi connectivity index (χ0n) is 49.0. The molecular formula is C64H115O11P. The number of carbonyl (C=O) groups is 3. The summed E-state index contributed by atoms with van der Waals surface area (Å²) in [6.07, 6.45) is 64.6. The quantitative estimate of drug-likeness (QED) is 0.0197. The number of hydrogen-bond donors (Lipinski definition) is 2. The van der Waals surface area contributed by atoms with E-state index in [0.29, 0.717) is 19.3 Å². The van der Waals surface area contributed by atoms with E-state index in [2.05, 4.69) is 81.5 Å². The van der Waals surface area contributed by atoms with E-state index >= 15 is 0 Å². The van der Waals surface area contributed by atoms with Crippen LogP contribution < -0.4 is 0 Å². The van der Waals surface area contributed by atoms with Crippen molar-refractivity contribution >= 4 is 25.7 Å². The Hall–Kier alpha value is -2.82. The molecule has 3 atom stereocenters. The molecule has 442 valence electrons. The summed E-state index contributed by atoms with van der Waals surface area (Å²) in [7, 11) is -4.76. The number of hydrogen-bond acceptors (Lipinski definition) is 10. The number of unbranched alkanes of at least 4 members (excludes halogenated alkanes) is 31. The number of allylic oxidation sites excluding steroid dienone is 10. The highest BCUT2D eigenvalue weighted by Crippen LogP contribution is 2.43. The third kappa shape index (κ3) is 55.9. The predicted molar refractivity (Wildman–Crippen MR) is 316 cm³/mol. The van der Waals surface area contributed by atoms with Gasteiger partial charge in [-0.15, -0.1) is 0 Å². The second kappa shape index (κ2) is 58.3. The molecule has 0 aliphatic rings. The first kappa shape index (κ1) is 73.2. The second-order valence-electron chi connectivity index (χ2n) is 20.8. The Morgan fingerprint density at radius 2 is 0.684 bits per heavy atom. The van der Waals surface area contributed by atoms with E-state index in [4.69, 9.17) is 23.3 Å². The summed E-state index contributed by atoms with van der Waals surface area (Å²) in [6, 6.07) is 0. The van der Waals surface area contributed by atoms with Crippen LogP contribution in [0.15, 0.2) is 60.8 Å². The van der Waals surface area contributed by atoms with Gasteiger partial charge in [-0.05, 0) is 103 Å². The van der Waals surface area contributed by atoms with E-state index in [1.54, 1.807) is 0 Å². The SMILES string of the molecule is CC/C=C\C/C=C\C/C=C\CCCCCC(=O)OCC(COP(=O)(O)OCC(CO)OC(=O)CCCCCCCCC/C=C\CCCCCCCC)OC(=O)CCCCCCCCCCC/C=C\CCCCCCCC. The van der Waals surface area contributed by atoms with E-state index in [1.807, 2.05) is 0 Å². The molecule has 0 aliphatic carbocycles. The topological polar surface area (TPSA) is 155 Å². The fourth-order valence-corrected chi connectivity index (χ4v) is 9.44. The third-order valence-electron chi connectivity index (χ3n) is 13.4. The highest BCUT2D eigenvalue weighted by Gasteiger charge is 2.28. The van der Waals surface area contributed by atoms with Gasteiger partial charge in [0.1, 0.15) is 12.7 Å². The first-order valence-electron chi connectivity index (χ1n) is 31.2. The summed E-state index contributed by atoms with van der Waals surface area (Å²) in [4.78, 5) is 48.6. The van der Waals surface area contributed by atoms with Gasteiger partial charge in [0.2, 0.25) is 0 Å². The van der Waals surface area contributed by atoms with Crippen LogP contribution >= 0.6 is 7.82 Å². The Morgan fingerprint density at radius 1 is 0.382 bits per heavy atom. The van der Waals surface area contributed by atoms with Crippen LogP contribution in [-0.4, -0.2) is 66.5 Å². The van der Waals surface area contributed by atoms with Crippen molar-refractivity contribution in [2.45, 2.75) is 303 Å². The second-order valence-corrected chi connectivity index (χ2v) is 22.3. The number of esters is 3. The van der Waals surface area contributed by atoms with Gasteiger partial charge in [0.25, 0.3) is 0 Å². The number of aliphatic hydroxyl groups is 1. The Bertz CT molecular complexity index is 1510. The van der Waals surface area contributed by atoms with Crippen molar-refractivity contribution < 1.29 is 52.2 Å². The number of phosphoric ester groups is 1. The zero-order chi connectivity index (χ0) is 55.5. The van der Waals surface area contributed by atoms with Gasteiger partial charge in [0.15, 0.2) is 6.10 Å². The number of ether oxygens (including phenoxy) is 3. The van der Waals surface area contributed by atoms with Crippen LogP contribution in [0.25, 0.3) is 0 Å². The zero-order valence-corrected chi connectivity index (χ0v) is 49.9. The molecular weight excluding hydrogens is 976 g/mol. The summed E-state index contributed by atoms with van der Waals surface area (Å²) >= 11 is 0. The molecule has 0 rings (SSSR count).